The standard InChI is InChI=1S/C16H15Br2NO/c17-11-4-7-16(14(18)9-11)19-15-3-1-2-10-8-12(20)5-6-13(10)15/h4-9,15,19-20H,1-3H2. The highest BCUT2D eigenvalue weighted by Gasteiger charge is 2.20. The number of rotatable bonds is 2. The molecule has 0 radical (unpaired) electrons. The fourth-order valence-electron chi connectivity index (χ4n) is 2.74. The molecule has 2 aromatic rings. The van der Waals surface area contributed by atoms with Crippen LogP contribution in [0.3, 0.4) is 0 Å². The molecule has 0 aromatic heterocycles. The van der Waals surface area contributed by atoms with Gasteiger partial charge in [0.15, 0.2) is 0 Å². The van der Waals surface area contributed by atoms with E-state index in [0.717, 1.165) is 33.9 Å². The van der Waals surface area contributed by atoms with Gasteiger partial charge >= 0.3 is 0 Å². The van der Waals surface area contributed by atoms with Crippen molar-refractivity contribution in [3.8, 4) is 5.75 Å². The van der Waals surface area contributed by atoms with Gasteiger partial charge in [0.1, 0.15) is 5.75 Å². The number of phenolic OH excluding ortho intramolecular Hbond substituents is 1. The predicted molar refractivity (Wildman–Crippen MR) is 89.3 cm³/mol. The highest BCUT2D eigenvalue weighted by Crippen LogP contribution is 2.36. The molecular formula is C16H15Br2NO. The van der Waals surface area contributed by atoms with Crippen LogP contribution in [-0.2, 0) is 6.42 Å². The smallest absolute Gasteiger partial charge is 0.115 e. The highest BCUT2D eigenvalue weighted by atomic mass is 79.9. The number of nitrogens with one attached hydrogen (secondary N) is 1. The molecule has 1 aliphatic carbocycles. The van der Waals surface area contributed by atoms with Crippen LogP contribution in [0.5, 0.6) is 5.75 Å². The van der Waals surface area contributed by atoms with Crippen LogP contribution < -0.4 is 5.32 Å². The van der Waals surface area contributed by atoms with Crippen molar-refractivity contribution >= 4 is 37.5 Å². The first-order valence-electron chi connectivity index (χ1n) is 6.67. The molecule has 1 aliphatic rings. The average Bonchev–Trinajstić information content (AvgIpc) is 2.41. The lowest BCUT2D eigenvalue weighted by atomic mass is 9.87. The minimum absolute atomic E-state index is 0.303. The minimum atomic E-state index is 0.303. The Morgan fingerprint density at radius 2 is 1.95 bits per heavy atom. The van der Waals surface area contributed by atoms with Crippen LogP contribution in [0.2, 0.25) is 0 Å². The van der Waals surface area contributed by atoms with Gasteiger partial charge in [-0.1, -0.05) is 22.0 Å². The van der Waals surface area contributed by atoms with E-state index in [2.05, 4.69) is 43.2 Å². The van der Waals surface area contributed by atoms with Crippen molar-refractivity contribution in [2.24, 2.45) is 0 Å². The maximum absolute atomic E-state index is 9.61. The Balaban J connectivity index is 1.89. The molecule has 2 aromatic carbocycles. The summed E-state index contributed by atoms with van der Waals surface area (Å²) in [4.78, 5) is 0. The van der Waals surface area contributed by atoms with Gasteiger partial charge in [-0.25, -0.2) is 0 Å². The van der Waals surface area contributed by atoms with Crippen molar-refractivity contribution < 1.29 is 5.11 Å². The number of aryl methyl sites for hydroxylation is 1. The average molecular weight is 397 g/mol. The number of halogens is 2. The zero-order valence-corrected chi connectivity index (χ0v) is 14.0. The maximum atomic E-state index is 9.61. The van der Waals surface area contributed by atoms with Crippen molar-refractivity contribution in [1.29, 1.82) is 0 Å². The zero-order chi connectivity index (χ0) is 14.1. The lowest BCUT2D eigenvalue weighted by Crippen LogP contribution is -2.17. The molecule has 0 spiro atoms. The van der Waals surface area contributed by atoms with Gasteiger partial charge in [-0.2, -0.15) is 0 Å². The molecule has 0 saturated carbocycles. The quantitative estimate of drug-likeness (QED) is 0.711. The van der Waals surface area contributed by atoms with E-state index in [-0.39, 0.29) is 0 Å². The summed E-state index contributed by atoms with van der Waals surface area (Å²) >= 11 is 7.06. The molecule has 1 unspecified atom stereocenters. The van der Waals surface area contributed by atoms with Crippen LogP contribution in [0.25, 0.3) is 0 Å². The second kappa shape index (κ2) is 5.78. The van der Waals surface area contributed by atoms with Gasteiger partial charge in [0.25, 0.3) is 0 Å². The Kier molecular flexibility index (Phi) is 4.03. The lowest BCUT2D eigenvalue weighted by Gasteiger charge is -2.28. The molecule has 3 rings (SSSR count). The Labute approximate surface area is 135 Å². The Bertz CT molecular complexity index is 642. The van der Waals surface area contributed by atoms with Crippen LogP contribution in [0.1, 0.15) is 30.0 Å². The molecule has 0 saturated heterocycles. The monoisotopic (exact) mass is 395 g/mol. The number of anilines is 1. The largest absolute Gasteiger partial charge is 0.508 e. The maximum Gasteiger partial charge on any atom is 0.115 e. The summed E-state index contributed by atoms with van der Waals surface area (Å²) < 4.78 is 2.11. The van der Waals surface area contributed by atoms with E-state index in [1.807, 2.05) is 24.3 Å². The van der Waals surface area contributed by atoms with Crippen molar-refractivity contribution in [2.75, 3.05) is 5.32 Å². The summed E-state index contributed by atoms with van der Waals surface area (Å²) in [5, 5.41) is 13.2. The van der Waals surface area contributed by atoms with E-state index in [9.17, 15) is 5.11 Å². The number of fused-ring (bicyclic) bond motifs is 1. The third kappa shape index (κ3) is 2.86. The topological polar surface area (TPSA) is 32.3 Å². The van der Waals surface area contributed by atoms with Gasteiger partial charge in [-0.05, 0) is 76.7 Å². The van der Waals surface area contributed by atoms with Gasteiger partial charge in [0.2, 0.25) is 0 Å². The van der Waals surface area contributed by atoms with Crippen LogP contribution in [-0.4, -0.2) is 5.11 Å². The van der Waals surface area contributed by atoms with Crippen molar-refractivity contribution in [2.45, 2.75) is 25.3 Å². The molecule has 1 atom stereocenters. The van der Waals surface area contributed by atoms with E-state index in [1.54, 1.807) is 6.07 Å². The van der Waals surface area contributed by atoms with Crippen LogP contribution in [0.4, 0.5) is 5.69 Å². The van der Waals surface area contributed by atoms with Gasteiger partial charge in [0, 0.05) is 14.6 Å². The van der Waals surface area contributed by atoms with Gasteiger partial charge in [-0.15, -0.1) is 0 Å². The SMILES string of the molecule is Oc1ccc2c(c1)CCCC2Nc1ccc(Br)cc1Br. The van der Waals surface area contributed by atoms with Crippen molar-refractivity contribution in [3.05, 3.63) is 56.5 Å². The number of benzene rings is 2. The second-order valence-electron chi connectivity index (χ2n) is 5.10. The summed E-state index contributed by atoms with van der Waals surface area (Å²) in [5.41, 5.74) is 3.64. The predicted octanol–water partition coefficient (Wildman–Crippen LogP) is 5.41. The van der Waals surface area contributed by atoms with Crippen molar-refractivity contribution in [3.63, 3.8) is 0 Å². The molecule has 0 aliphatic heterocycles. The fourth-order valence-corrected chi connectivity index (χ4v) is 3.91. The number of aromatic hydroxyl groups is 1. The van der Waals surface area contributed by atoms with E-state index in [0.29, 0.717) is 11.8 Å². The van der Waals surface area contributed by atoms with E-state index >= 15 is 0 Å². The molecular weight excluding hydrogens is 382 g/mol. The van der Waals surface area contributed by atoms with Crippen LogP contribution in [0, 0.1) is 0 Å². The first-order valence-corrected chi connectivity index (χ1v) is 8.25. The number of phenols is 1. The molecule has 2 nitrogen and oxygen atoms in total. The summed E-state index contributed by atoms with van der Waals surface area (Å²) in [7, 11) is 0. The Morgan fingerprint density at radius 1 is 1.10 bits per heavy atom. The number of hydrogen-bond acceptors (Lipinski definition) is 2. The first kappa shape index (κ1) is 14.0. The van der Waals surface area contributed by atoms with E-state index in [4.69, 9.17) is 0 Å². The van der Waals surface area contributed by atoms with Gasteiger partial charge < -0.3 is 10.4 Å². The molecule has 4 heteroatoms. The normalized spacial score (nSPS) is 17.6. The Hall–Kier alpha value is -1.000. The van der Waals surface area contributed by atoms with Crippen molar-refractivity contribution in [1.82, 2.24) is 0 Å². The third-order valence-electron chi connectivity index (χ3n) is 3.70. The van der Waals surface area contributed by atoms with Gasteiger partial charge in [-0.3, -0.25) is 0 Å². The second-order valence-corrected chi connectivity index (χ2v) is 6.87. The van der Waals surface area contributed by atoms with E-state index in [1.165, 1.54) is 11.1 Å². The molecule has 0 amide bonds. The summed E-state index contributed by atoms with van der Waals surface area (Å²) in [5.74, 6) is 0.356. The molecule has 0 bridgehead atoms. The summed E-state index contributed by atoms with van der Waals surface area (Å²) in [6.45, 7) is 0. The van der Waals surface area contributed by atoms with Gasteiger partial charge in [0.05, 0.1) is 6.04 Å². The van der Waals surface area contributed by atoms with E-state index < -0.39 is 0 Å². The van der Waals surface area contributed by atoms with Crippen LogP contribution in [0.15, 0.2) is 45.3 Å². The fraction of sp³-hybridized carbons (Fsp3) is 0.250. The molecule has 2 N–H and O–H groups in total. The molecule has 0 fully saturated rings. The number of hydrogen-bond donors (Lipinski definition) is 2. The zero-order valence-electron chi connectivity index (χ0n) is 10.9. The summed E-state index contributed by atoms with van der Waals surface area (Å²) in [6.07, 6.45) is 3.30. The third-order valence-corrected chi connectivity index (χ3v) is 4.85. The lowest BCUT2D eigenvalue weighted by molar-refractivity contribution is 0.472. The Morgan fingerprint density at radius 3 is 2.75 bits per heavy atom. The highest BCUT2D eigenvalue weighted by molar-refractivity contribution is 9.11. The molecule has 104 valence electrons. The summed E-state index contributed by atoms with van der Waals surface area (Å²) in [6, 6.07) is 12.2. The van der Waals surface area contributed by atoms with Crippen LogP contribution >= 0.6 is 31.9 Å². The molecule has 0 heterocycles. The molecule has 20 heavy (non-hydrogen) atoms. The first-order chi connectivity index (χ1) is 9.63. The minimum Gasteiger partial charge on any atom is -0.508 e.